The predicted octanol–water partition coefficient (Wildman–Crippen LogP) is 5.24. The van der Waals surface area contributed by atoms with E-state index in [0.717, 1.165) is 11.1 Å². The first-order valence-electron chi connectivity index (χ1n) is 7.26. The van der Waals surface area contributed by atoms with Crippen LogP contribution in [0.3, 0.4) is 0 Å². The summed E-state index contributed by atoms with van der Waals surface area (Å²) in [5.41, 5.74) is 5.62. The second kappa shape index (κ2) is 4.57. The Labute approximate surface area is 140 Å². The minimum atomic E-state index is -0.203. The van der Waals surface area contributed by atoms with E-state index in [9.17, 15) is 10.5 Å². The molecule has 3 aliphatic rings. The molecule has 0 saturated heterocycles. The number of hydrogen-bond acceptors (Lipinski definition) is 4. The summed E-state index contributed by atoms with van der Waals surface area (Å²) in [5, 5.41) is 19.5. The van der Waals surface area contributed by atoms with Gasteiger partial charge in [0.25, 0.3) is 0 Å². The largest absolute Gasteiger partial charge is 0.192 e. The first kappa shape index (κ1) is 15.5. The van der Waals surface area contributed by atoms with Crippen molar-refractivity contribution in [3.05, 3.63) is 43.2 Å². The zero-order valence-corrected chi connectivity index (χ0v) is 15.3. The van der Waals surface area contributed by atoms with Gasteiger partial charge >= 0.3 is 0 Å². The number of rotatable bonds is 0. The summed E-state index contributed by atoms with van der Waals surface area (Å²) < 4.78 is -0.406. The topological polar surface area (TPSA) is 47.6 Å². The maximum Gasteiger partial charge on any atom is 0.101 e. The van der Waals surface area contributed by atoms with Crippen molar-refractivity contribution in [1.29, 1.82) is 10.5 Å². The maximum atomic E-state index is 9.77. The van der Waals surface area contributed by atoms with Crippen molar-refractivity contribution in [2.45, 2.75) is 51.0 Å². The highest BCUT2D eigenvalue weighted by Gasteiger charge is 2.60. The molecule has 112 valence electrons. The first-order valence-corrected chi connectivity index (χ1v) is 8.90. The Morgan fingerprint density at radius 3 is 1.32 bits per heavy atom. The number of hydrogen-bond donors (Lipinski definition) is 0. The van der Waals surface area contributed by atoms with E-state index >= 15 is 0 Å². The van der Waals surface area contributed by atoms with Crippen molar-refractivity contribution >= 4 is 23.5 Å². The Kier molecular flexibility index (Phi) is 3.23. The molecule has 0 spiro atoms. The molecule has 0 amide bonds. The van der Waals surface area contributed by atoms with Gasteiger partial charge in [-0.25, -0.2) is 0 Å². The zero-order valence-electron chi connectivity index (χ0n) is 13.7. The van der Waals surface area contributed by atoms with Gasteiger partial charge in [-0.05, 0) is 73.6 Å². The van der Waals surface area contributed by atoms with Gasteiger partial charge < -0.3 is 0 Å². The van der Waals surface area contributed by atoms with Crippen molar-refractivity contribution in [1.82, 2.24) is 0 Å². The maximum absolute atomic E-state index is 9.77. The lowest BCUT2D eigenvalue weighted by Gasteiger charge is -2.46. The Morgan fingerprint density at radius 2 is 1.05 bits per heavy atom. The van der Waals surface area contributed by atoms with Crippen LogP contribution < -0.4 is 0 Å². The molecular weight excluding hydrogens is 308 g/mol. The summed E-state index contributed by atoms with van der Waals surface area (Å²) in [4.78, 5) is 2.51. The average Bonchev–Trinajstić information content (AvgIpc) is 2.83. The van der Waals surface area contributed by atoms with E-state index in [0.29, 0.717) is 11.1 Å². The van der Waals surface area contributed by atoms with Crippen LogP contribution in [0.4, 0.5) is 0 Å². The summed E-state index contributed by atoms with van der Waals surface area (Å²) in [7, 11) is 0. The fourth-order valence-corrected chi connectivity index (χ4v) is 7.23. The third kappa shape index (κ3) is 1.53. The minimum Gasteiger partial charge on any atom is -0.192 e. The third-order valence-corrected chi connectivity index (χ3v) is 8.75. The fraction of sp³-hybridized carbons (Fsp3) is 0.444. The van der Waals surface area contributed by atoms with Gasteiger partial charge in [-0.2, -0.15) is 10.5 Å². The van der Waals surface area contributed by atoms with E-state index in [1.807, 2.05) is 23.5 Å². The smallest absolute Gasteiger partial charge is 0.101 e. The van der Waals surface area contributed by atoms with E-state index in [4.69, 9.17) is 0 Å². The van der Waals surface area contributed by atoms with E-state index in [1.54, 1.807) is 0 Å². The molecule has 3 rings (SSSR count). The molecule has 2 nitrogen and oxygen atoms in total. The molecule has 0 bridgehead atoms. The molecule has 0 N–H and O–H groups in total. The van der Waals surface area contributed by atoms with Gasteiger partial charge in [0.15, 0.2) is 0 Å². The standard InChI is InChI=1S/C18H18N2S2/c1-9-11(3)21-17(5)15(9)13(7-19)14(8-20)16-10(2)12(4)22-18(16,17)6/h1-6H3. The van der Waals surface area contributed by atoms with Gasteiger partial charge in [0.2, 0.25) is 0 Å². The third-order valence-electron chi connectivity index (χ3n) is 5.36. The number of allylic oxidation sites excluding steroid dienone is 6. The average molecular weight is 326 g/mol. The summed E-state index contributed by atoms with van der Waals surface area (Å²) in [6.45, 7) is 12.9. The highest BCUT2D eigenvalue weighted by atomic mass is 32.2. The Bertz CT molecular complexity index is 756. The van der Waals surface area contributed by atoms with Crippen molar-refractivity contribution in [3.63, 3.8) is 0 Å². The molecule has 2 heterocycles. The molecular formula is C18H18N2S2. The van der Waals surface area contributed by atoms with Crippen LogP contribution in [-0.4, -0.2) is 9.49 Å². The first-order chi connectivity index (χ1) is 10.2. The highest BCUT2D eigenvalue weighted by Crippen LogP contribution is 2.69. The van der Waals surface area contributed by atoms with Crippen LogP contribution in [0.2, 0.25) is 0 Å². The summed E-state index contributed by atoms with van der Waals surface area (Å²) in [5.74, 6) is 0. The SMILES string of the molecule is CC1=C(C)C2=C(C#N)C(C#N)=C3C(C)=C(C)SC3(C)C2(C)S1. The summed E-state index contributed by atoms with van der Waals surface area (Å²) in [6.07, 6.45) is 0. The molecule has 2 atom stereocenters. The number of nitrogens with zero attached hydrogens (tertiary/aromatic N) is 2. The molecule has 0 aromatic heterocycles. The molecule has 0 aromatic carbocycles. The van der Waals surface area contributed by atoms with Crippen LogP contribution in [0.25, 0.3) is 0 Å². The molecule has 4 heteroatoms. The van der Waals surface area contributed by atoms with Gasteiger partial charge in [-0.3, -0.25) is 0 Å². The number of fused-ring (bicyclic) bond motifs is 3. The second-order valence-electron chi connectivity index (χ2n) is 6.36. The van der Waals surface area contributed by atoms with E-state index in [1.165, 1.54) is 21.0 Å². The fourth-order valence-electron chi connectivity index (χ4n) is 3.93. The monoisotopic (exact) mass is 326 g/mol. The summed E-state index contributed by atoms with van der Waals surface area (Å²) >= 11 is 3.70. The Balaban J connectivity index is 2.47. The van der Waals surface area contributed by atoms with Crippen molar-refractivity contribution in [3.8, 4) is 12.1 Å². The molecule has 0 saturated carbocycles. The van der Waals surface area contributed by atoms with E-state index in [2.05, 4.69) is 53.7 Å². The summed E-state index contributed by atoms with van der Waals surface area (Å²) in [6, 6.07) is 4.68. The highest BCUT2D eigenvalue weighted by molar-refractivity contribution is 8.09. The molecule has 1 aliphatic carbocycles. The van der Waals surface area contributed by atoms with Gasteiger partial charge in [-0.1, -0.05) is 0 Å². The van der Waals surface area contributed by atoms with E-state index < -0.39 is 0 Å². The molecule has 0 fully saturated rings. The molecule has 2 aliphatic heterocycles. The van der Waals surface area contributed by atoms with E-state index in [-0.39, 0.29) is 9.49 Å². The van der Waals surface area contributed by atoms with Gasteiger partial charge in [0.1, 0.15) is 12.1 Å². The molecule has 22 heavy (non-hydrogen) atoms. The molecule has 2 unspecified atom stereocenters. The zero-order chi connectivity index (χ0) is 16.4. The molecule has 0 aromatic rings. The number of thioether (sulfide) groups is 2. The van der Waals surface area contributed by atoms with Crippen LogP contribution in [-0.2, 0) is 0 Å². The minimum absolute atomic E-state index is 0.203. The van der Waals surface area contributed by atoms with Crippen LogP contribution in [0.1, 0.15) is 41.5 Å². The Hall–Kier alpha value is -1.36. The number of nitriles is 2. The van der Waals surface area contributed by atoms with Crippen molar-refractivity contribution < 1.29 is 0 Å². The van der Waals surface area contributed by atoms with Crippen LogP contribution in [0, 0.1) is 22.7 Å². The Morgan fingerprint density at radius 1 is 0.727 bits per heavy atom. The van der Waals surface area contributed by atoms with Crippen LogP contribution in [0.15, 0.2) is 43.2 Å². The van der Waals surface area contributed by atoms with Crippen LogP contribution in [0.5, 0.6) is 0 Å². The van der Waals surface area contributed by atoms with Gasteiger partial charge in [0, 0.05) is 0 Å². The second-order valence-corrected chi connectivity index (χ2v) is 9.62. The predicted molar refractivity (Wildman–Crippen MR) is 94.0 cm³/mol. The van der Waals surface area contributed by atoms with Gasteiger partial charge in [0.05, 0.1) is 20.6 Å². The van der Waals surface area contributed by atoms with Crippen molar-refractivity contribution in [2.75, 3.05) is 0 Å². The lowest BCUT2D eigenvalue weighted by molar-refractivity contribution is 0.603. The van der Waals surface area contributed by atoms with Gasteiger partial charge in [-0.15, -0.1) is 23.5 Å². The van der Waals surface area contributed by atoms with Crippen molar-refractivity contribution in [2.24, 2.45) is 0 Å². The lowest BCUT2D eigenvalue weighted by Crippen LogP contribution is -2.48. The molecule has 0 radical (unpaired) electrons. The van der Waals surface area contributed by atoms with Crippen LogP contribution >= 0.6 is 23.5 Å². The normalized spacial score (nSPS) is 34.0. The lowest BCUT2D eigenvalue weighted by atomic mass is 9.68. The quantitative estimate of drug-likeness (QED) is 0.611.